The molecular weight excluding hydrogens is 248 g/mol. The lowest BCUT2D eigenvalue weighted by Gasteiger charge is -2.44. The number of hydrogen-bond acceptors (Lipinski definition) is 2. The predicted molar refractivity (Wildman–Crippen MR) is 85.5 cm³/mol. The van der Waals surface area contributed by atoms with E-state index in [-0.39, 0.29) is 16.9 Å². The molecule has 3 heteroatoms. The van der Waals surface area contributed by atoms with Gasteiger partial charge in [0.2, 0.25) is 5.91 Å². The summed E-state index contributed by atoms with van der Waals surface area (Å²) in [4.78, 5) is 14.8. The Hall–Kier alpha value is -0.990. The molecule has 1 aliphatic rings. The normalized spacial score (nSPS) is 18.7. The largest absolute Gasteiger partial charge is 0.372 e. The zero-order chi connectivity index (χ0) is 15.4. The van der Waals surface area contributed by atoms with Crippen LogP contribution >= 0.6 is 0 Å². The summed E-state index contributed by atoms with van der Waals surface area (Å²) >= 11 is 0. The summed E-state index contributed by atoms with van der Waals surface area (Å²) in [5, 5.41) is 3.07. The van der Waals surface area contributed by atoms with E-state index in [2.05, 4.69) is 58.0 Å². The van der Waals surface area contributed by atoms with Gasteiger partial charge >= 0.3 is 0 Å². The van der Waals surface area contributed by atoms with Gasteiger partial charge in [-0.25, -0.2) is 0 Å². The molecule has 1 aliphatic heterocycles. The number of nitrogens with zero attached hydrogens (tertiary/aromatic N) is 1. The number of carbonyl (C=O) groups is 1. The van der Waals surface area contributed by atoms with Crippen molar-refractivity contribution in [2.45, 2.75) is 72.8 Å². The summed E-state index contributed by atoms with van der Waals surface area (Å²) in [6.45, 7) is 15.0. The van der Waals surface area contributed by atoms with Crippen LogP contribution in [0.2, 0.25) is 0 Å². The second-order valence-corrected chi connectivity index (χ2v) is 7.15. The monoisotopic (exact) mass is 280 g/mol. The molecule has 20 heavy (non-hydrogen) atoms. The van der Waals surface area contributed by atoms with Crippen LogP contribution in [0.3, 0.4) is 0 Å². The van der Waals surface area contributed by atoms with Gasteiger partial charge in [-0.1, -0.05) is 34.1 Å². The molecule has 0 aromatic carbocycles. The summed E-state index contributed by atoms with van der Waals surface area (Å²) < 4.78 is 0. The van der Waals surface area contributed by atoms with Crippen molar-refractivity contribution in [1.82, 2.24) is 10.2 Å². The van der Waals surface area contributed by atoms with Crippen molar-refractivity contribution < 1.29 is 4.79 Å². The van der Waals surface area contributed by atoms with E-state index in [1.54, 1.807) is 0 Å². The molecule has 0 saturated carbocycles. The van der Waals surface area contributed by atoms with E-state index in [4.69, 9.17) is 0 Å². The van der Waals surface area contributed by atoms with Gasteiger partial charge < -0.3 is 10.2 Å². The van der Waals surface area contributed by atoms with E-state index in [1.165, 1.54) is 0 Å². The minimum absolute atomic E-state index is 0.0311. The summed E-state index contributed by atoms with van der Waals surface area (Å²) in [7, 11) is 0. The van der Waals surface area contributed by atoms with Crippen LogP contribution in [-0.2, 0) is 4.79 Å². The molecule has 3 nitrogen and oxygen atoms in total. The van der Waals surface area contributed by atoms with Crippen LogP contribution in [0.4, 0.5) is 0 Å². The van der Waals surface area contributed by atoms with Crippen molar-refractivity contribution in [2.75, 3.05) is 13.1 Å². The molecule has 1 rings (SSSR count). The highest BCUT2D eigenvalue weighted by molar-refractivity contribution is 5.94. The van der Waals surface area contributed by atoms with Crippen LogP contribution in [0.25, 0.3) is 0 Å². The van der Waals surface area contributed by atoms with E-state index < -0.39 is 0 Å². The Balaban J connectivity index is 2.89. The van der Waals surface area contributed by atoms with Crippen LogP contribution in [0.15, 0.2) is 11.8 Å². The van der Waals surface area contributed by atoms with Gasteiger partial charge in [0.15, 0.2) is 0 Å². The molecule has 1 amide bonds. The van der Waals surface area contributed by atoms with Gasteiger partial charge in [-0.15, -0.1) is 0 Å². The Labute approximate surface area is 124 Å². The Morgan fingerprint density at radius 1 is 1.40 bits per heavy atom. The topological polar surface area (TPSA) is 32.3 Å². The third-order valence-electron chi connectivity index (χ3n) is 4.70. The van der Waals surface area contributed by atoms with Crippen molar-refractivity contribution in [1.29, 1.82) is 0 Å². The van der Waals surface area contributed by atoms with Crippen LogP contribution in [0, 0.1) is 5.41 Å². The average molecular weight is 280 g/mol. The lowest BCUT2D eigenvalue weighted by molar-refractivity contribution is -0.118. The number of unbranched alkanes of at least 4 members (excludes halogenated alkanes) is 1. The van der Waals surface area contributed by atoms with E-state index in [9.17, 15) is 4.79 Å². The molecule has 116 valence electrons. The Morgan fingerprint density at radius 2 is 2.05 bits per heavy atom. The number of nitrogens with one attached hydrogen (secondary N) is 1. The molecule has 0 radical (unpaired) electrons. The maximum atomic E-state index is 12.4. The van der Waals surface area contributed by atoms with Gasteiger partial charge in [-0.05, 0) is 38.5 Å². The second kappa shape index (κ2) is 6.64. The van der Waals surface area contributed by atoms with Gasteiger partial charge in [-0.2, -0.15) is 0 Å². The first-order chi connectivity index (χ1) is 9.24. The number of carbonyl (C=O) groups excluding carboxylic acids is 1. The van der Waals surface area contributed by atoms with E-state index >= 15 is 0 Å². The molecule has 0 bridgehead atoms. The molecule has 1 heterocycles. The smallest absolute Gasteiger partial charge is 0.249 e. The van der Waals surface area contributed by atoms with Crippen LogP contribution in [0.5, 0.6) is 0 Å². The first-order valence-electron chi connectivity index (χ1n) is 8.02. The van der Waals surface area contributed by atoms with Gasteiger partial charge in [0, 0.05) is 30.4 Å². The van der Waals surface area contributed by atoms with Crippen molar-refractivity contribution in [2.24, 2.45) is 5.41 Å². The van der Waals surface area contributed by atoms with Gasteiger partial charge in [-0.3, -0.25) is 4.79 Å². The first-order valence-corrected chi connectivity index (χ1v) is 8.02. The average Bonchev–Trinajstić information content (AvgIpc) is 2.38. The van der Waals surface area contributed by atoms with Crippen molar-refractivity contribution in [3.63, 3.8) is 0 Å². The third-order valence-corrected chi connectivity index (χ3v) is 4.70. The molecule has 0 fully saturated rings. The summed E-state index contributed by atoms with van der Waals surface area (Å²) in [5.74, 6) is 0.111. The SMILES string of the molecule is CCCCNC(=O)C1=CN(C(C)(C)CC)CCC1(C)C. The highest BCUT2D eigenvalue weighted by atomic mass is 16.1. The maximum absolute atomic E-state index is 12.4. The Morgan fingerprint density at radius 3 is 2.60 bits per heavy atom. The van der Waals surface area contributed by atoms with E-state index in [0.717, 1.165) is 44.3 Å². The Bertz CT molecular complexity index is 369. The molecule has 0 aliphatic carbocycles. The lowest BCUT2D eigenvalue weighted by atomic mass is 9.77. The molecule has 0 saturated heterocycles. The number of hydrogen-bond donors (Lipinski definition) is 1. The summed E-state index contributed by atoms with van der Waals surface area (Å²) in [5.41, 5.74) is 1.02. The minimum atomic E-state index is -0.0311. The number of rotatable bonds is 6. The molecular formula is C17H32N2O. The molecule has 0 unspecified atom stereocenters. The molecule has 1 N–H and O–H groups in total. The second-order valence-electron chi connectivity index (χ2n) is 7.15. The van der Waals surface area contributed by atoms with E-state index in [0.29, 0.717) is 0 Å². The van der Waals surface area contributed by atoms with Crippen LogP contribution < -0.4 is 5.32 Å². The molecule has 0 spiro atoms. The molecule has 0 aromatic heterocycles. The highest BCUT2D eigenvalue weighted by Crippen LogP contribution is 2.37. The summed E-state index contributed by atoms with van der Waals surface area (Å²) in [6.07, 6.45) is 6.37. The van der Waals surface area contributed by atoms with Crippen molar-refractivity contribution in [3.05, 3.63) is 11.8 Å². The predicted octanol–water partition coefficient (Wildman–Crippen LogP) is 3.71. The zero-order valence-corrected chi connectivity index (χ0v) is 14.2. The highest BCUT2D eigenvalue weighted by Gasteiger charge is 2.36. The third kappa shape index (κ3) is 4.00. The van der Waals surface area contributed by atoms with Gasteiger partial charge in [0.25, 0.3) is 0 Å². The molecule has 0 aromatic rings. The zero-order valence-electron chi connectivity index (χ0n) is 14.2. The van der Waals surface area contributed by atoms with Crippen LogP contribution in [-0.4, -0.2) is 29.4 Å². The number of amides is 1. The fourth-order valence-corrected chi connectivity index (χ4v) is 2.45. The van der Waals surface area contributed by atoms with Crippen molar-refractivity contribution in [3.8, 4) is 0 Å². The first kappa shape index (κ1) is 17.1. The fourth-order valence-electron chi connectivity index (χ4n) is 2.45. The molecule has 0 atom stereocenters. The quantitative estimate of drug-likeness (QED) is 0.752. The maximum Gasteiger partial charge on any atom is 0.249 e. The lowest BCUT2D eigenvalue weighted by Crippen LogP contribution is -2.47. The van der Waals surface area contributed by atoms with Gasteiger partial charge in [0.1, 0.15) is 0 Å². The van der Waals surface area contributed by atoms with Crippen molar-refractivity contribution >= 4 is 5.91 Å². The Kier molecular flexibility index (Phi) is 5.67. The van der Waals surface area contributed by atoms with Gasteiger partial charge in [0.05, 0.1) is 0 Å². The fraction of sp³-hybridized carbons (Fsp3) is 0.824. The van der Waals surface area contributed by atoms with Crippen LogP contribution in [0.1, 0.15) is 67.2 Å². The minimum Gasteiger partial charge on any atom is -0.372 e. The van der Waals surface area contributed by atoms with E-state index in [1.807, 2.05) is 0 Å². The standard InChI is InChI=1S/C17H32N2O/c1-7-9-11-18-15(20)14-13-19(17(5,6)8-2)12-10-16(14,3)4/h13H,7-12H2,1-6H3,(H,18,20). The summed E-state index contributed by atoms with van der Waals surface area (Å²) in [6, 6.07) is 0.